The number of para-hydroxylation sites is 1. The van der Waals surface area contributed by atoms with E-state index in [2.05, 4.69) is 38.0 Å². The number of carbonyl (C=O) groups is 2. The van der Waals surface area contributed by atoms with E-state index in [4.69, 9.17) is 9.47 Å². The van der Waals surface area contributed by atoms with Gasteiger partial charge in [-0.1, -0.05) is 59.2 Å². The molecule has 1 aliphatic heterocycles. The average Bonchev–Trinajstić information content (AvgIpc) is 2.94. The SMILES string of the molecule is CCCCSc1nnc2c(n1)O[C@H](c1cc(OC(C)=O)ccc1Br)N(C(C)=O)c1ccccc1-2. The summed E-state index contributed by atoms with van der Waals surface area (Å²) in [5.41, 5.74) is 2.35. The number of hydrogen-bond donors (Lipinski definition) is 0. The number of anilines is 1. The molecule has 1 amide bonds. The van der Waals surface area contributed by atoms with Crippen molar-refractivity contribution in [1.82, 2.24) is 15.2 Å². The number of aromatic nitrogens is 3. The molecule has 2 aromatic carbocycles. The fraction of sp³-hybridized carbons (Fsp3) is 0.292. The molecule has 0 radical (unpaired) electrons. The van der Waals surface area contributed by atoms with E-state index >= 15 is 0 Å². The molecule has 0 bridgehead atoms. The van der Waals surface area contributed by atoms with Crippen molar-refractivity contribution < 1.29 is 19.1 Å². The topological polar surface area (TPSA) is 94.5 Å². The minimum Gasteiger partial charge on any atom is -0.447 e. The lowest BCUT2D eigenvalue weighted by Gasteiger charge is -2.30. The molecule has 0 saturated heterocycles. The van der Waals surface area contributed by atoms with Crippen LogP contribution in [0.3, 0.4) is 0 Å². The van der Waals surface area contributed by atoms with Crippen LogP contribution in [-0.2, 0) is 9.59 Å². The summed E-state index contributed by atoms with van der Waals surface area (Å²) in [6.45, 7) is 4.93. The van der Waals surface area contributed by atoms with E-state index in [1.165, 1.54) is 25.6 Å². The molecule has 0 aliphatic carbocycles. The third-order valence-electron chi connectivity index (χ3n) is 5.08. The molecular weight excluding hydrogens is 520 g/mol. The van der Waals surface area contributed by atoms with Crippen LogP contribution in [0, 0.1) is 0 Å². The summed E-state index contributed by atoms with van der Waals surface area (Å²) in [5.74, 6) is 0.805. The Morgan fingerprint density at radius 2 is 1.97 bits per heavy atom. The van der Waals surface area contributed by atoms with Gasteiger partial charge in [-0.2, -0.15) is 4.98 Å². The van der Waals surface area contributed by atoms with Gasteiger partial charge in [-0.25, -0.2) is 0 Å². The highest BCUT2D eigenvalue weighted by atomic mass is 79.9. The zero-order chi connectivity index (χ0) is 24.2. The van der Waals surface area contributed by atoms with Crippen LogP contribution in [0.2, 0.25) is 0 Å². The van der Waals surface area contributed by atoms with E-state index < -0.39 is 12.2 Å². The van der Waals surface area contributed by atoms with Gasteiger partial charge in [0.1, 0.15) is 5.75 Å². The number of esters is 1. The van der Waals surface area contributed by atoms with Crippen molar-refractivity contribution in [1.29, 1.82) is 0 Å². The molecule has 176 valence electrons. The number of carbonyl (C=O) groups excluding carboxylic acids is 2. The third-order valence-corrected chi connectivity index (χ3v) is 6.72. The lowest BCUT2D eigenvalue weighted by molar-refractivity contribution is -0.132. The normalized spacial score (nSPS) is 14.5. The van der Waals surface area contributed by atoms with Crippen LogP contribution in [0.4, 0.5) is 5.69 Å². The molecule has 1 atom stereocenters. The maximum Gasteiger partial charge on any atom is 0.308 e. The number of thioether (sulfide) groups is 1. The zero-order valence-electron chi connectivity index (χ0n) is 18.9. The molecule has 4 rings (SSSR count). The van der Waals surface area contributed by atoms with Gasteiger partial charge in [0.2, 0.25) is 23.2 Å². The number of benzene rings is 2. The largest absolute Gasteiger partial charge is 0.447 e. The lowest BCUT2D eigenvalue weighted by atomic mass is 10.1. The predicted octanol–water partition coefficient (Wildman–Crippen LogP) is 5.56. The van der Waals surface area contributed by atoms with Gasteiger partial charge in [-0.3, -0.25) is 14.5 Å². The molecule has 1 aliphatic rings. The first-order valence-corrected chi connectivity index (χ1v) is 12.6. The molecule has 0 spiro atoms. The van der Waals surface area contributed by atoms with Crippen LogP contribution < -0.4 is 14.4 Å². The molecular formula is C24H23BrN4O4S. The summed E-state index contributed by atoms with van der Waals surface area (Å²) >= 11 is 5.07. The summed E-state index contributed by atoms with van der Waals surface area (Å²) in [7, 11) is 0. The molecule has 0 unspecified atom stereocenters. The highest BCUT2D eigenvalue weighted by Crippen LogP contribution is 2.45. The Morgan fingerprint density at radius 1 is 1.18 bits per heavy atom. The summed E-state index contributed by atoms with van der Waals surface area (Å²) < 4.78 is 12.4. The number of ether oxygens (including phenoxy) is 2. The Bertz CT molecular complexity index is 1240. The predicted molar refractivity (Wildman–Crippen MR) is 133 cm³/mol. The molecule has 2 heterocycles. The Kier molecular flexibility index (Phi) is 7.47. The van der Waals surface area contributed by atoms with Crippen LogP contribution in [0.1, 0.15) is 45.4 Å². The van der Waals surface area contributed by atoms with E-state index in [1.54, 1.807) is 23.1 Å². The van der Waals surface area contributed by atoms with Crippen LogP contribution >= 0.6 is 27.7 Å². The number of rotatable bonds is 6. The maximum absolute atomic E-state index is 12.9. The molecule has 8 nitrogen and oxygen atoms in total. The Labute approximate surface area is 210 Å². The van der Waals surface area contributed by atoms with Gasteiger partial charge in [0, 0.05) is 35.2 Å². The Balaban J connectivity index is 1.87. The van der Waals surface area contributed by atoms with Crippen molar-refractivity contribution in [3.05, 3.63) is 52.5 Å². The molecule has 10 heteroatoms. The fourth-order valence-electron chi connectivity index (χ4n) is 3.56. The van der Waals surface area contributed by atoms with Gasteiger partial charge in [0.15, 0.2) is 5.69 Å². The maximum atomic E-state index is 12.9. The average molecular weight is 543 g/mol. The van der Waals surface area contributed by atoms with Gasteiger partial charge in [0.25, 0.3) is 0 Å². The van der Waals surface area contributed by atoms with Crippen molar-refractivity contribution in [2.75, 3.05) is 10.7 Å². The summed E-state index contributed by atoms with van der Waals surface area (Å²) in [6.07, 6.45) is 1.21. The van der Waals surface area contributed by atoms with Gasteiger partial charge < -0.3 is 9.47 Å². The number of halogens is 1. The van der Waals surface area contributed by atoms with Crippen molar-refractivity contribution >= 4 is 45.3 Å². The second-order valence-electron chi connectivity index (χ2n) is 7.60. The minimum absolute atomic E-state index is 0.236. The third kappa shape index (κ3) is 5.07. The highest BCUT2D eigenvalue weighted by Gasteiger charge is 2.35. The van der Waals surface area contributed by atoms with Crippen molar-refractivity contribution in [2.45, 2.75) is 45.0 Å². The first-order chi connectivity index (χ1) is 16.4. The van der Waals surface area contributed by atoms with E-state index in [1.807, 2.05) is 24.3 Å². The molecule has 0 saturated carbocycles. The van der Waals surface area contributed by atoms with E-state index in [0.717, 1.165) is 18.6 Å². The lowest BCUT2D eigenvalue weighted by Crippen LogP contribution is -2.36. The second kappa shape index (κ2) is 10.5. The van der Waals surface area contributed by atoms with Crippen molar-refractivity contribution in [3.8, 4) is 22.9 Å². The summed E-state index contributed by atoms with van der Waals surface area (Å²) in [5, 5.41) is 9.22. The molecule has 0 N–H and O–H groups in total. The Hall–Kier alpha value is -2.98. The van der Waals surface area contributed by atoms with Crippen LogP contribution in [-0.4, -0.2) is 32.8 Å². The fourth-order valence-corrected chi connectivity index (χ4v) is 4.87. The van der Waals surface area contributed by atoms with Gasteiger partial charge in [-0.15, -0.1) is 10.2 Å². The molecule has 34 heavy (non-hydrogen) atoms. The van der Waals surface area contributed by atoms with Gasteiger partial charge in [0.05, 0.1) is 5.69 Å². The number of unbranched alkanes of at least 4 members (excludes halogenated alkanes) is 1. The number of nitrogens with zero attached hydrogens (tertiary/aromatic N) is 4. The minimum atomic E-state index is -0.894. The van der Waals surface area contributed by atoms with Gasteiger partial charge in [-0.05, 0) is 30.7 Å². The van der Waals surface area contributed by atoms with Crippen LogP contribution in [0.15, 0.2) is 52.1 Å². The van der Waals surface area contributed by atoms with E-state index in [9.17, 15) is 9.59 Å². The van der Waals surface area contributed by atoms with Gasteiger partial charge >= 0.3 is 5.97 Å². The molecule has 0 fully saturated rings. The second-order valence-corrected chi connectivity index (χ2v) is 9.52. The first kappa shape index (κ1) is 24.2. The van der Waals surface area contributed by atoms with Crippen LogP contribution in [0.5, 0.6) is 11.6 Å². The van der Waals surface area contributed by atoms with E-state index in [0.29, 0.717) is 37.9 Å². The van der Waals surface area contributed by atoms with Crippen LogP contribution in [0.25, 0.3) is 11.3 Å². The Morgan fingerprint density at radius 3 is 2.71 bits per heavy atom. The molecule has 3 aromatic rings. The number of hydrogen-bond acceptors (Lipinski definition) is 8. The zero-order valence-corrected chi connectivity index (χ0v) is 21.4. The number of amides is 1. The summed E-state index contributed by atoms with van der Waals surface area (Å²) in [6, 6.07) is 12.5. The first-order valence-electron chi connectivity index (χ1n) is 10.8. The van der Waals surface area contributed by atoms with Crippen molar-refractivity contribution in [3.63, 3.8) is 0 Å². The summed E-state index contributed by atoms with van der Waals surface area (Å²) in [4.78, 5) is 30.7. The van der Waals surface area contributed by atoms with Crippen molar-refractivity contribution in [2.24, 2.45) is 0 Å². The monoisotopic (exact) mass is 542 g/mol. The highest BCUT2D eigenvalue weighted by molar-refractivity contribution is 9.10. The smallest absolute Gasteiger partial charge is 0.308 e. The molecule has 1 aromatic heterocycles. The van der Waals surface area contributed by atoms with E-state index in [-0.39, 0.29) is 11.8 Å². The number of fused-ring (bicyclic) bond motifs is 3. The standard InChI is InChI=1S/C24H23BrN4O4S/c1-4-5-12-34-24-26-22-21(27-28-24)17-8-6-7-9-20(17)29(14(2)30)23(33-22)18-13-16(32-15(3)31)10-11-19(18)25/h6-11,13,23H,4-5,12H2,1-3H3/t23-/m1/s1. The quantitative estimate of drug-likeness (QED) is 0.173.